The molecule has 0 bridgehead atoms. The number of halogens is 1. The van der Waals surface area contributed by atoms with Crippen molar-refractivity contribution < 1.29 is 24.0 Å². The van der Waals surface area contributed by atoms with Gasteiger partial charge in [0.1, 0.15) is 11.6 Å². The number of carbonyl (C=O) groups is 3. The summed E-state index contributed by atoms with van der Waals surface area (Å²) < 4.78 is 5.67. The van der Waals surface area contributed by atoms with Gasteiger partial charge in [-0.05, 0) is 49.0 Å². The maximum Gasteiger partial charge on any atom is 0.408 e. The van der Waals surface area contributed by atoms with Crippen molar-refractivity contribution in [3.63, 3.8) is 0 Å². The first-order valence-corrected chi connectivity index (χ1v) is 11.3. The predicted molar refractivity (Wildman–Crippen MR) is 123 cm³/mol. The Balaban J connectivity index is 2.20. The molecule has 1 aromatic heterocycles. The zero-order valence-electron chi connectivity index (χ0n) is 19.3. The molecular formula is C20H29BrN6O6. The highest BCUT2D eigenvalue weighted by Crippen LogP contribution is 2.26. The fourth-order valence-corrected chi connectivity index (χ4v) is 3.48. The Morgan fingerprint density at radius 1 is 1.30 bits per heavy atom. The summed E-state index contributed by atoms with van der Waals surface area (Å²) in [4.78, 5) is 53.1. The van der Waals surface area contributed by atoms with Crippen molar-refractivity contribution in [2.75, 3.05) is 18.4 Å². The predicted octanol–water partition coefficient (Wildman–Crippen LogP) is 3.67. The standard InChI is InChI=1S/C20H29BrN6O6/c1-6-12(2)15(23-19(30)33-20(3,4)5)17(28)25-8-7-9-26(25)18(29)24-16-14(27(31)32)10-13(21)11-22-16/h10-12,15H,6-9H2,1-5H3,(H,23,30)(H,22,24,29). The van der Waals surface area contributed by atoms with Crippen molar-refractivity contribution in [1.82, 2.24) is 20.3 Å². The van der Waals surface area contributed by atoms with Gasteiger partial charge in [-0.15, -0.1) is 0 Å². The van der Waals surface area contributed by atoms with Crippen LogP contribution in [-0.4, -0.2) is 62.7 Å². The van der Waals surface area contributed by atoms with E-state index in [2.05, 4.69) is 31.5 Å². The lowest BCUT2D eigenvalue weighted by molar-refractivity contribution is -0.384. The molecule has 1 fully saturated rings. The summed E-state index contributed by atoms with van der Waals surface area (Å²) in [7, 11) is 0. The quantitative estimate of drug-likeness (QED) is 0.422. The molecule has 0 spiro atoms. The minimum absolute atomic E-state index is 0.224. The number of nitro groups is 1. The summed E-state index contributed by atoms with van der Waals surface area (Å²) in [6.07, 6.45) is 1.70. The van der Waals surface area contributed by atoms with Crippen LogP contribution in [0.5, 0.6) is 0 Å². The first kappa shape index (κ1) is 26.3. The Kier molecular flexibility index (Phi) is 8.58. The van der Waals surface area contributed by atoms with Crippen LogP contribution < -0.4 is 10.6 Å². The highest BCUT2D eigenvalue weighted by Gasteiger charge is 2.38. The average Bonchev–Trinajstić information content (AvgIpc) is 3.20. The van der Waals surface area contributed by atoms with E-state index in [4.69, 9.17) is 4.74 Å². The Morgan fingerprint density at radius 2 is 1.94 bits per heavy atom. The van der Waals surface area contributed by atoms with Crippen molar-refractivity contribution in [2.45, 2.75) is 59.1 Å². The number of nitrogens with one attached hydrogen (secondary N) is 2. The number of ether oxygens (including phenoxy) is 1. The van der Waals surface area contributed by atoms with Gasteiger partial charge in [-0.2, -0.15) is 0 Å². The van der Waals surface area contributed by atoms with E-state index in [1.54, 1.807) is 20.8 Å². The summed E-state index contributed by atoms with van der Waals surface area (Å²) in [6, 6.07) is -0.434. The summed E-state index contributed by atoms with van der Waals surface area (Å²) in [5.41, 5.74) is -1.13. The molecule has 2 heterocycles. The molecule has 2 atom stereocenters. The van der Waals surface area contributed by atoms with Crippen LogP contribution >= 0.6 is 15.9 Å². The lowest BCUT2D eigenvalue weighted by Crippen LogP contribution is -2.56. The summed E-state index contributed by atoms with van der Waals surface area (Å²) in [5.74, 6) is -0.941. The van der Waals surface area contributed by atoms with Crippen LogP contribution in [0.3, 0.4) is 0 Å². The van der Waals surface area contributed by atoms with Crippen molar-refractivity contribution in [3.8, 4) is 0 Å². The Morgan fingerprint density at radius 3 is 2.52 bits per heavy atom. The molecule has 12 nitrogen and oxygen atoms in total. The molecule has 182 valence electrons. The fourth-order valence-electron chi connectivity index (χ4n) is 3.16. The summed E-state index contributed by atoms with van der Waals surface area (Å²) in [6.45, 7) is 9.33. The molecule has 1 aliphatic heterocycles. The number of alkyl carbamates (subject to hydrolysis) is 1. The Labute approximate surface area is 200 Å². The molecule has 1 saturated heterocycles. The molecule has 2 N–H and O–H groups in total. The van der Waals surface area contributed by atoms with Crippen molar-refractivity contribution in [1.29, 1.82) is 0 Å². The largest absolute Gasteiger partial charge is 0.444 e. The molecule has 0 radical (unpaired) electrons. The Hall–Kier alpha value is -2.96. The monoisotopic (exact) mass is 528 g/mol. The molecule has 13 heteroatoms. The van der Waals surface area contributed by atoms with E-state index in [1.807, 2.05) is 13.8 Å². The van der Waals surface area contributed by atoms with E-state index in [-0.39, 0.29) is 30.5 Å². The number of hydrogen-bond donors (Lipinski definition) is 2. The molecule has 2 unspecified atom stereocenters. The van der Waals surface area contributed by atoms with Gasteiger partial charge < -0.3 is 10.1 Å². The van der Waals surface area contributed by atoms with E-state index in [0.29, 0.717) is 17.3 Å². The van der Waals surface area contributed by atoms with E-state index in [0.717, 1.165) is 0 Å². The average molecular weight is 529 g/mol. The van der Waals surface area contributed by atoms with Gasteiger partial charge in [0, 0.05) is 29.8 Å². The summed E-state index contributed by atoms with van der Waals surface area (Å²) >= 11 is 3.11. The number of hydrogen-bond acceptors (Lipinski definition) is 7. The van der Waals surface area contributed by atoms with Crippen LogP contribution in [0.25, 0.3) is 0 Å². The van der Waals surface area contributed by atoms with Crippen molar-refractivity contribution in [2.24, 2.45) is 5.92 Å². The number of carbonyl (C=O) groups excluding carboxylic acids is 3. The third kappa shape index (κ3) is 7.01. The first-order chi connectivity index (χ1) is 15.3. The van der Waals surface area contributed by atoms with Gasteiger partial charge in [0.2, 0.25) is 5.82 Å². The minimum Gasteiger partial charge on any atom is -0.444 e. The zero-order valence-corrected chi connectivity index (χ0v) is 20.8. The molecule has 1 aliphatic rings. The van der Waals surface area contributed by atoms with Crippen LogP contribution in [0.15, 0.2) is 16.7 Å². The van der Waals surface area contributed by atoms with Gasteiger partial charge in [-0.25, -0.2) is 24.6 Å². The third-order valence-corrected chi connectivity index (χ3v) is 5.36. The molecule has 2 rings (SSSR count). The smallest absolute Gasteiger partial charge is 0.408 e. The van der Waals surface area contributed by atoms with Crippen LogP contribution in [0.1, 0.15) is 47.5 Å². The van der Waals surface area contributed by atoms with Crippen LogP contribution in [-0.2, 0) is 9.53 Å². The van der Waals surface area contributed by atoms with E-state index >= 15 is 0 Å². The number of amides is 4. The molecule has 4 amide bonds. The number of urea groups is 1. The number of hydrazine groups is 1. The number of pyridine rings is 1. The number of anilines is 1. The van der Waals surface area contributed by atoms with Gasteiger partial charge in [0.15, 0.2) is 0 Å². The Bertz CT molecular complexity index is 921. The fraction of sp³-hybridized carbons (Fsp3) is 0.600. The lowest BCUT2D eigenvalue weighted by atomic mass is 9.98. The van der Waals surface area contributed by atoms with Gasteiger partial charge in [0.25, 0.3) is 5.91 Å². The van der Waals surface area contributed by atoms with Crippen molar-refractivity contribution >= 4 is 45.5 Å². The molecule has 1 aromatic rings. The highest BCUT2D eigenvalue weighted by molar-refractivity contribution is 9.10. The number of nitrogens with zero attached hydrogens (tertiary/aromatic N) is 4. The molecule has 33 heavy (non-hydrogen) atoms. The van der Waals surface area contributed by atoms with Crippen LogP contribution in [0, 0.1) is 16.0 Å². The number of rotatable bonds is 6. The molecule has 0 aromatic carbocycles. The van der Waals surface area contributed by atoms with E-state index < -0.39 is 34.6 Å². The van der Waals surface area contributed by atoms with Gasteiger partial charge in [-0.3, -0.25) is 20.2 Å². The second-order valence-electron chi connectivity index (χ2n) is 8.66. The van der Waals surface area contributed by atoms with Crippen molar-refractivity contribution in [3.05, 3.63) is 26.9 Å². The molecule has 0 aliphatic carbocycles. The SMILES string of the molecule is CCC(C)C(NC(=O)OC(C)(C)C)C(=O)N1CCCN1C(=O)Nc1ncc(Br)cc1[N+](=O)[O-]. The zero-order chi connectivity index (χ0) is 24.9. The van der Waals surface area contributed by atoms with E-state index in [1.165, 1.54) is 22.3 Å². The maximum atomic E-state index is 13.3. The normalized spacial score (nSPS) is 15.6. The number of aromatic nitrogens is 1. The molecule has 0 saturated carbocycles. The summed E-state index contributed by atoms with van der Waals surface area (Å²) in [5, 5.41) is 18.8. The van der Waals surface area contributed by atoms with E-state index in [9.17, 15) is 24.5 Å². The minimum atomic E-state index is -0.918. The van der Waals surface area contributed by atoms with Crippen LogP contribution in [0.2, 0.25) is 0 Å². The second kappa shape index (κ2) is 10.8. The maximum absolute atomic E-state index is 13.3. The molecular weight excluding hydrogens is 500 g/mol. The first-order valence-electron chi connectivity index (χ1n) is 10.5. The van der Waals surface area contributed by atoms with Gasteiger partial charge in [0.05, 0.1) is 4.92 Å². The van der Waals surface area contributed by atoms with Crippen LogP contribution in [0.4, 0.5) is 21.1 Å². The second-order valence-corrected chi connectivity index (χ2v) is 9.57. The topological polar surface area (TPSA) is 147 Å². The lowest BCUT2D eigenvalue weighted by Gasteiger charge is -2.33. The van der Waals surface area contributed by atoms with Gasteiger partial charge in [-0.1, -0.05) is 20.3 Å². The highest BCUT2D eigenvalue weighted by atomic mass is 79.9. The third-order valence-electron chi connectivity index (χ3n) is 4.93. The van der Waals surface area contributed by atoms with Gasteiger partial charge >= 0.3 is 17.8 Å².